The number of nitrogens with zero attached hydrogens (tertiary/aromatic N) is 10. The topological polar surface area (TPSA) is 160 Å². The number of fused-ring (bicyclic) bond motifs is 2. The third kappa shape index (κ3) is 8.45. The van der Waals surface area contributed by atoms with E-state index in [-0.39, 0.29) is 53.1 Å². The highest BCUT2D eigenvalue weighted by molar-refractivity contribution is 6.31. The van der Waals surface area contributed by atoms with Crippen molar-refractivity contribution in [3.8, 4) is 29.0 Å². The van der Waals surface area contributed by atoms with E-state index in [1.54, 1.807) is 55.3 Å². The quantitative estimate of drug-likeness (QED) is 0.134. The van der Waals surface area contributed by atoms with E-state index in [1.165, 1.54) is 12.4 Å². The maximum absolute atomic E-state index is 14.8. The first-order chi connectivity index (χ1) is 34.4. The SMILES string of the molecule is CC(=O)N1CCc2c(c(N3CCCc4cc(-c5cnn(C)c5)c(C(F)F)cc43)nn2C2CCN(C3CC4(CC(Oc5ncc(C(=O)NC6C(C)(C)C(Oc7ccc(C#N)c(Cl)c7)C6(C)C)cn5)C4)C3)CC2)C1. The van der Waals surface area contributed by atoms with E-state index in [1.807, 2.05) is 11.0 Å². The maximum atomic E-state index is 14.8. The lowest BCUT2D eigenvalue weighted by Gasteiger charge is -2.63. The summed E-state index contributed by atoms with van der Waals surface area (Å²) < 4.78 is 46.0. The number of benzene rings is 2. The minimum atomic E-state index is -2.66. The number of aromatic nitrogens is 6. The van der Waals surface area contributed by atoms with Gasteiger partial charge in [0.25, 0.3) is 12.3 Å². The molecule has 0 bridgehead atoms. The van der Waals surface area contributed by atoms with Gasteiger partial charge in [0.2, 0.25) is 5.91 Å². The molecule has 0 radical (unpaired) electrons. The fourth-order valence-electron chi connectivity index (χ4n) is 13.5. The van der Waals surface area contributed by atoms with Crippen LogP contribution in [-0.2, 0) is 31.2 Å². The smallest absolute Gasteiger partial charge is 0.316 e. The second-order valence-corrected chi connectivity index (χ2v) is 22.9. The van der Waals surface area contributed by atoms with Crippen molar-refractivity contribution in [3.63, 3.8) is 0 Å². The molecule has 378 valence electrons. The molecule has 3 aliphatic heterocycles. The van der Waals surface area contributed by atoms with Gasteiger partial charge in [-0.1, -0.05) is 39.3 Å². The molecule has 1 N–H and O–H groups in total. The number of nitriles is 1. The summed E-state index contributed by atoms with van der Waals surface area (Å²) in [6.45, 7) is 13.6. The molecule has 72 heavy (non-hydrogen) atoms. The van der Waals surface area contributed by atoms with Gasteiger partial charge in [0.15, 0.2) is 5.82 Å². The van der Waals surface area contributed by atoms with Crippen LogP contribution in [0, 0.1) is 27.6 Å². The molecule has 6 aliphatic rings. The van der Waals surface area contributed by atoms with Gasteiger partial charge in [-0.15, -0.1) is 0 Å². The minimum Gasteiger partial charge on any atom is -0.489 e. The molecule has 2 aromatic carbocycles. The number of ether oxygens (including phenoxy) is 2. The number of halogens is 3. The minimum absolute atomic E-state index is 0.0144. The van der Waals surface area contributed by atoms with Crippen molar-refractivity contribution in [2.45, 2.75) is 136 Å². The number of nitrogens with one attached hydrogen (secondary N) is 1. The lowest BCUT2D eigenvalue weighted by atomic mass is 9.49. The molecule has 0 atom stereocenters. The van der Waals surface area contributed by atoms with Crippen LogP contribution in [0.2, 0.25) is 5.02 Å². The molecule has 15 nitrogen and oxygen atoms in total. The number of amides is 2. The van der Waals surface area contributed by atoms with Crippen molar-refractivity contribution in [1.82, 2.24) is 44.6 Å². The molecule has 5 aromatic rings. The number of likely N-dealkylation sites (tertiary alicyclic amines) is 1. The van der Waals surface area contributed by atoms with E-state index in [2.05, 4.69) is 68.6 Å². The fourth-order valence-corrected chi connectivity index (χ4v) is 13.8. The zero-order valence-corrected chi connectivity index (χ0v) is 42.6. The number of piperidine rings is 1. The van der Waals surface area contributed by atoms with Gasteiger partial charge in [0, 0.05) is 122 Å². The van der Waals surface area contributed by atoms with Gasteiger partial charge in [-0.25, -0.2) is 18.7 Å². The van der Waals surface area contributed by atoms with Crippen molar-refractivity contribution in [2.24, 2.45) is 23.3 Å². The van der Waals surface area contributed by atoms with Crippen LogP contribution in [0.3, 0.4) is 0 Å². The molecule has 2 amide bonds. The van der Waals surface area contributed by atoms with Gasteiger partial charge in [0.1, 0.15) is 24.0 Å². The fraction of sp³-hybridized carbons (Fsp3) is 0.537. The van der Waals surface area contributed by atoms with Crippen molar-refractivity contribution < 1.29 is 27.8 Å². The zero-order valence-electron chi connectivity index (χ0n) is 41.8. The van der Waals surface area contributed by atoms with Crippen LogP contribution < -0.4 is 19.7 Å². The summed E-state index contributed by atoms with van der Waals surface area (Å²) in [5.41, 5.74) is 5.36. The number of alkyl halides is 2. The van der Waals surface area contributed by atoms with Crippen LogP contribution in [0.15, 0.2) is 55.1 Å². The highest BCUT2D eigenvalue weighted by Crippen LogP contribution is 2.59. The monoisotopic (exact) mass is 1000 g/mol. The highest BCUT2D eigenvalue weighted by atomic mass is 35.5. The van der Waals surface area contributed by atoms with Crippen molar-refractivity contribution in [2.75, 3.05) is 31.1 Å². The van der Waals surface area contributed by atoms with Crippen molar-refractivity contribution in [1.29, 1.82) is 5.26 Å². The van der Waals surface area contributed by atoms with Gasteiger partial charge in [-0.05, 0) is 92.2 Å². The molecule has 4 fully saturated rings. The van der Waals surface area contributed by atoms with E-state index in [4.69, 9.17) is 26.2 Å². The predicted molar refractivity (Wildman–Crippen MR) is 266 cm³/mol. The molecule has 1 spiro atoms. The summed E-state index contributed by atoms with van der Waals surface area (Å²) in [4.78, 5) is 41.7. The Morgan fingerprint density at radius 3 is 2.32 bits per heavy atom. The average Bonchev–Trinajstić information content (AvgIpc) is 3.95. The molecule has 3 saturated carbocycles. The number of rotatable bonds is 11. The number of carbonyl (C=O) groups is 2. The van der Waals surface area contributed by atoms with Crippen LogP contribution in [0.25, 0.3) is 11.1 Å². The third-order valence-electron chi connectivity index (χ3n) is 17.0. The average molecular weight is 1000 g/mol. The predicted octanol–water partition coefficient (Wildman–Crippen LogP) is 9.16. The first-order valence-corrected chi connectivity index (χ1v) is 25.8. The Kier molecular flexibility index (Phi) is 12.1. The number of anilines is 2. The van der Waals surface area contributed by atoms with E-state index in [9.17, 15) is 23.6 Å². The normalized spacial score (nSPS) is 25.4. The number of hydrogen-bond donors (Lipinski definition) is 1. The van der Waals surface area contributed by atoms with Crippen LogP contribution in [-0.4, -0.2) is 102 Å². The number of hydrogen-bond acceptors (Lipinski definition) is 11. The Morgan fingerprint density at radius 1 is 0.931 bits per heavy atom. The lowest BCUT2D eigenvalue weighted by Crippen LogP contribution is -2.74. The van der Waals surface area contributed by atoms with Gasteiger partial charge < -0.3 is 29.5 Å². The largest absolute Gasteiger partial charge is 0.489 e. The molecule has 1 saturated heterocycles. The van der Waals surface area contributed by atoms with Crippen LogP contribution in [0.5, 0.6) is 11.8 Å². The highest BCUT2D eigenvalue weighted by Gasteiger charge is 2.64. The van der Waals surface area contributed by atoms with Gasteiger partial charge in [-0.2, -0.15) is 15.5 Å². The van der Waals surface area contributed by atoms with Crippen molar-refractivity contribution >= 4 is 34.9 Å². The van der Waals surface area contributed by atoms with E-state index >= 15 is 0 Å². The Morgan fingerprint density at radius 2 is 1.67 bits per heavy atom. The molecule has 3 aromatic heterocycles. The third-order valence-corrected chi connectivity index (χ3v) is 17.3. The Labute approximate surface area is 423 Å². The van der Waals surface area contributed by atoms with Crippen molar-refractivity contribution in [3.05, 3.63) is 93.7 Å². The summed E-state index contributed by atoms with van der Waals surface area (Å²) in [5.74, 6) is 1.12. The first-order valence-electron chi connectivity index (χ1n) is 25.4. The summed E-state index contributed by atoms with van der Waals surface area (Å²) in [5, 5.41) is 22.4. The van der Waals surface area contributed by atoms with Crippen LogP contribution >= 0.6 is 11.6 Å². The molecule has 0 unspecified atom stereocenters. The zero-order chi connectivity index (χ0) is 50.4. The van der Waals surface area contributed by atoms with Gasteiger partial charge >= 0.3 is 6.01 Å². The van der Waals surface area contributed by atoms with Crippen LogP contribution in [0.4, 0.5) is 20.3 Å². The standard InChI is InChI=1S/C54H62ClF2N11O4/c1-31(69)66-17-13-44-42(30-66)47(67-14-7-8-32-18-40(35-28-61-64(6)29-35)41(46(56)57)20-45(32)67)63-68(44)36-11-15-65(16-12-36)37-21-54(22-37)23-39(24-54)72-51-59-26-34(27-60-51)48(70)62-49-52(2,3)50(53(49,4)5)71-38-10-9-33(25-58)43(55)19-38/h9-10,18-20,26-29,36-37,39,46,49-50H,7-8,11-17,21-24,30H2,1-6H3,(H,62,70). The Bertz CT molecular complexity index is 2950. The molecule has 3 aliphatic carbocycles. The van der Waals surface area contributed by atoms with E-state index in [0.29, 0.717) is 65.1 Å². The second-order valence-electron chi connectivity index (χ2n) is 22.4. The molecule has 6 heterocycles. The molecule has 18 heteroatoms. The Hall–Kier alpha value is -6.12. The summed E-state index contributed by atoms with van der Waals surface area (Å²) in [6.07, 6.45) is 12.1. The van der Waals surface area contributed by atoms with E-state index in [0.717, 1.165) is 92.8 Å². The number of aryl methyl sites for hydroxylation is 2. The summed E-state index contributed by atoms with van der Waals surface area (Å²) in [7, 11) is 1.79. The summed E-state index contributed by atoms with van der Waals surface area (Å²) >= 11 is 6.27. The van der Waals surface area contributed by atoms with Crippen LogP contribution in [0.1, 0.15) is 130 Å². The molecule has 11 rings (SSSR count). The molecular weight excluding hydrogens is 940 g/mol. The second kappa shape index (κ2) is 18.1. The van der Waals surface area contributed by atoms with E-state index < -0.39 is 17.3 Å². The number of carbonyl (C=O) groups excluding carboxylic acids is 2. The summed E-state index contributed by atoms with van der Waals surface area (Å²) in [6, 6.07) is 11.5. The molecular formula is C54H62ClF2N11O4. The first kappa shape index (κ1) is 48.2. The van der Waals surface area contributed by atoms with Gasteiger partial charge in [0.05, 0.1) is 34.9 Å². The maximum Gasteiger partial charge on any atom is 0.316 e. The van der Waals surface area contributed by atoms with Gasteiger partial charge in [-0.3, -0.25) is 19.0 Å². The lowest BCUT2D eigenvalue weighted by molar-refractivity contribution is -0.164. The Balaban J connectivity index is 0.685.